The van der Waals surface area contributed by atoms with E-state index < -0.39 is 5.41 Å². The highest BCUT2D eigenvalue weighted by Crippen LogP contribution is 2.38. The van der Waals surface area contributed by atoms with Crippen LogP contribution in [0.3, 0.4) is 0 Å². The van der Waals surface area contributed by atoms with Crippen LogP contribution in [0.1, 0.15) is 46.1 Å². The number of rotatable bonds is 6. The summed E-state index contributed by atoms with van der Waals surface area (Å²) >= 11 is 1.89. The first-order chi connectivity index (χ1) is 10.9. The van der Waals surface area contributed by atoms with E-state index in [9.17, 15) is 4.79 Å². The minimum Gasteiger partial charge on any atom is -0.381 e. The van der Waals surface area contributed by atoms with Crippen molar-refractivity contribution in [3.05, 3.63) is 29.8 Å². The molecule has 1 amide bonds. The van der Waals surface area contributed by atoms with Crippen LogP contribution in [-0.4, -0.2) is 24.4 Å². The molecule has 2 N–H and O–H groups in total. The normalized spacial score (nSPS) is 20.2. The first-order valence-corrected chi connectivity index (χ1v) is 9.39. The molecule has 0 aromatic heterocycles. The van der Waals surface area contributed by atoms with Gasteiger partial charge in [-0.05, 0) is 42.4 Å². The molecule has 4 heteroatoms. The molecule has 0 radical (unpaired) electrons. The van der Waals surface area contributed by atoms with Crippen LogP contribution in [-0.2, 0) is 14.9 Å². The van der Waals surface area contributed by atoms with Crippen molar-refractivity contribution in [2.75, 3.05) is 13.2 Å². The molecule has 128 valence electrons. The van der Waals surface area contributed by atoms with Gasteiger partial charge < -0.3 is 10.5 Å². The summed E-state index contributed by atoms with van der Waals surface area (Å²) in [7, 11) is 0. The van der Waals surface area contributed by atoms with Crippen molar-refractivity contribution in [1.29, 1.82) is 0 Å². The number of primary amides is 1. The van der Waals surface area contributed by atoms with Gasteiger partial charge in [0.25, 0.3) is 0 Å². The van der Waals surface area contributed by atoms with Crippen molar-refractivity contribution in [3.63, 3.8) is 0 Å². The SMILES string of the molecule is CC(C)[C@H](C)C(C)Sc1cccc(C2(C(N)=O)CCOCC2)c1. The summed E-state index contributed by atoms with van der Waals surface area (Å²) in [5, 5.41) is 0.532. The maximum atomic E-state index is 12.2. The van der Waals surface area contributed by atoms with Crippen molar-refractivity contribution in [1.82, 2.24) is 0 Å². The average molecular weight is 336 g/mol. The van der Waals surface area contributed by atoms with Crippen molar-refractivity contribution < 1.29 is 9.53 Å². The van der Waals surface area contributed by atoms with E-state index in [1.807, 2.05) is 23.9 Å². The Kier molecular flexibility index (Phi) is 6.15. The molecule has 1 aromatic carbocycles. The summed E-state index contributed by atoms with van der Waals surface area (Å²) in [5.41, 5.74) is 6.25. The van der Waals surface area contributed by atoms with E-state index in [0.717, 1.165) is 5.56 Å². The molecule has 1 unspecified atom stereocenters. The maximum Gasteiger partial charge on any atom is 0.228 e. The van der Waals surface area contributed by atoms with Crippen LogP contribution in [0.5, 0.6) is 0 Å². The summed E-state index contributed by atoms with van der Waals surface area (Å²) in [6.07, 6.45) is 1.35. The molecule has 2 atom stereocenters. The average Bonchev–Trinajstić information content (AvgIpc) is 2.54. The summed E-state index contributed by atoms with van der Waals surface area (Å²) in [5.74, 6) is 1.07. The van der Waals surface area contributed by atoms with Gasteiger partial charge in [-0.15, -0.1) is 11.8 Å². The molecule has 1 aromatic rings. The molecule has 0 saturated carbocycles. The van der Waals surface area contributed by atoms with Crippen LogP contribution in [0.2, 0.25) is 0 Å². The summed E-state index contributed by atoms with van der Waals surface area (Å²) in [4.78, 5) is 13.4. The molecule has 3 nitrogen and oxygen atoms in total. The van der Waals surface area contributed by atoms with Gasteiger partial charge >= 0.3 is 0 Å². The molecule has 0 spiro atoms. The van der Waals surface area contributed by atoms with Crippen LogP contribution in [0.4, 0.5) is 0 Å². The minimum atomic E-state index is -0.568. The van der Waals surface area contributed by atoms with Gasteiger partial charge in [0.1, 0.15) is 0 Å². The van der Waals surface area contributed by atoms with E-state index in [0.29, 0.717) is 43.1 Å². The number of carbonyl (C=O) groups is 1. The van der Waals surface area contributed by atoms with E-state index in [2.05, 4.69) is 39.8 Å². The van der Waals surface area contributed by atoms with E-state index in [1.54, 1.807) is 0 Å². The lowest BCUT2D eigenvalue weighted by molar-refractivity contribution is -0.127. The van der Waals surface area contributed by atoms with Crippen molar-refractivity contribution in [2.45, 2.75) is 56.1 Å². The van der Waals surface area contributed by atoms with Gasteiger partial charge in [-0.1, -0.05) is 39.8 Å². The second kappa shape index (κ2) is 7.71. The molecule has 0 aliphatic carbocycles. The summed E-state index contributed by atoms with van der Waals surface area (Å²) in [6.45, 7) is 10.3. The van der Waals surface area contributed by atoms with Crippen molar-refractivity contribution in [2.24, 2.45) is 17.6 Å². The van der Waals surface area contributed by atoms with Gasteiger partial charge in [0.15, 0.2) is 0 Å². The number of benzene rings is 1. The van der Waals surface area contributed by atoms with Crippen LogP contribution in [0.15, 0.2) is 29.2 Å². The number of hydrogen-bond donors (Lipinski definition) is 1. The summed E-state index contributed by atoms with van der Waals surface area (Å²) in [6, 6.07) is 8.37. The number of thioether (sulfide) groups is 1. The lowest BCUT2D eigenvalue weighted by atomic mass is 9.73. The Bertz CT molecular complexity index is 538. The van der Waals surface area contributed by atoms with E-state index in [-0.39, 0.29) is 5.91 Å². The highest BCUT2D eigenvalue weighted by atomic mass is 32.2. The third-order valence-electron chi connectivity index (χ3n) is 5.32. The Balaban J connectivity index is 2.23. The Morgan fingerprint density at radius 2 is 1.87 bits per heavy atom. The Hall–Kier alpha value is -1.00. The fourth-order valence-corrected chi connectivity index (χ4v) is 4.44. The smallest absolute Gasteiger partial charge is 0.228 e. The zero-order valence-corrected chi connectivity index (χ0v) is 15.5. The highest BCUT2D eigenvalue weighted by Gasteiger charge is 2.40. The first kappa shape index (κ1) is 18.3. The van der Waals surface area contributed by atoms with Gasteiger partial charge in [0.05, 0.1) is 5.41 Å². The third kappa shape index (κ3) is 4.10. The molecule has 1 aliphatic rings. The molecule has 1 aliphatic heterocycles. The quantitative estimate of drug-likeness (QED) is 0.800. The van der Waals surface area contributed by atoms with Gasteiger partial charge in [-0.2, -0.15) is 0 Å². The molecule has 0 bridgehead atoms. The van der Waals surface area contributed by atoms with Crippen LogP contribution in [0.25, 0.3) is 0 Å². The molecule has 1 heterocycles. The van der Waals surface area contributed by atoms with Gasteiger partial charge in [-0.25, -0.2) is 0 Å². The largest absolute Gasteiger partial charge is 0.381 e. The Labute approximate surface area is 144 Å². The lowest BCUT2D eigenvalue weighted by Gasteiger charge is -2.35. The molecule has 1 saturated heterocycles. The standard InChI is InChI=1S/C19H29NO2S/c1-13(2)14(3)15(4)23-17-7-5-6-16(12-17)19(18(20)21)8-10-22-11-9-19/h5-7,12-15H,8-11H2,1-4H3,(H2,20,21)/t14-,15?/m0/s1. The van der Waals surface area contributed by atoms with Gasteiger partial charge in [0, 0.05) is 23.4 Å². The predicted octanol–water partition coefficient (Wildman–Crippen LogP) is 3.99. The Morgan fingerprint density at radius 1 is 1.22 bits per heavy atom. The Morgan fingerprint density at radius 3 is 2.43 bits per heavy atom. The second-order valence-electron chi connectivity index (χ2n) is 7.01. The topological polar surface area (TPSA) is 52.3 Å². The zero-order chi connectivity index (χ0) is 17.0. The minimum absolute atomic E-state index is 0.230. The number of nitrogens with two attached hydrogens (primary N) is 1. The van der Waals surface area contributed by atoms with E-state index in [4.69, 9.17) is 10.5 Å². The fraction of sp³-hybridized carbons (Fsp3) is 0.632. The monoisotopic (exact) mass is 335 g/mol. The highest BCUT2D eigenvalue weighted by molar-refractivity contribution is 8.00. The molecular formula is C19H29NO2S. The van der Waals surface area contributed by atoms with Gasteiger partial charge in [-0.3, -0.25) is 4.79 Å². The van der Waals surface area contributed by atoms with Crippen molar-refractivity contribution >= 4 is 17.7 Å². The van der Waals surface area contributed by atoms with Crippen LogP contribution < -0.4 is 5.73 Å². The van der Waals surface area contributed by atoms with Gasteiger partial charge in [0.2, 0.25) is 5.91 Å². The van der Waals surface area contributed by atoms with E-state index in [1.165, 1.54) is 4.90 Å². The number of carbonyl (C=O) groups excluding carboxylic acids is 1. The number of hydrogen-bond acceptors (Lipinski definition) is 3. The van der Waals surface area contributed by atoms with Crippen LogP contribution >= 0.6 is 11.8 Å². The number of ether oxygens (including phenoxy) is 1. The fourth-order valence-electron chi connectivity index (χ4n) is 3.13. The first-order valence-electron chi connectivity index (χ1n) is 8.51. The summed E-state index contributed by atoms with van der Waals surface area (Å²) < 4.78 is 5.44. The predicted molar refractivity (Wildman–Crippen MR) is 96.7 cm³/mol. The van der Waals surface area contributed by atoms with Crippen molar-refractivity contribution in [3.8, 4) is 0 Å². The number of amides is 1. The molecule has 1 fully saturated rings. The molecule has 2 rings (SSSR count). The molecule has 23 heavy (non-hydrogen) atoms. The van der Waals surface area contributed by atoms with E-state index >= 15 is 0 Å². The maximum absolute atomic E-state index is 12.2. The molecular weight excluding hydrogens is 306 g/mol. The van der Waals surface area contributed by atoms with Crippen LogP contribution in [0, 0.1) is 11.8 Å². The zero-order valence-electron chi connectivity index (χ0n) is 14.7. The second-order valence-corrected chi connectivity index (χ2v) is 8.46. The lowest BCUT2D eigenvalue weighted by Crippen LogP contribution is -2.45. The third-order valence-corrected chi connectivity index (χ3v) is 6.65.